The maximum atomic E-state index is 12.1. The first kappa shape index (κ1) is 15.1. The standard InChI is InChI=1S/C13H23N5OS/c1-15-6-5-7-16-12(19)10-11(14)17-13(20-10)18-8-3-2-4-9-18/h15H,2-9,14H2,1H3,(H,16,19). The average molecular weight is 297 g/mol. The number of nitrogen functional groups attached to an aromatic ring is 1. The molecule has 6 nitrogen and oxygen atoms in total. The topological polar surface area (TPSA) is 83.3 Å². The Morgan fingerprint density at radius 2 is 2.10 bits per heavy atom. The van der Waals surface area contributed by atoms with Crippen LogP contribution in [0.25, 0.3) is 0 Å². The smallest absolute Gasteiger partial charge is 0.265 e. The molecule has 0 unspecified atom stereocenters. The van der Waals surface area contributed by atoms with Crippen molar-refractivity contribution in [2.24, 2.45) is 0 Å². The Morgan fingerprint density at radius 1 is 1.35 bits per heavy atom. The van der Waals surface area contributed by atoms with Crippen molar-refractivity contribution in [2.75, 3.05) is 43.9 Å². The van der Waals surface area contributed by atoms with Crippen molar-refractivity contribution in [1.82, 2.24) is 15.6 Å². The van der Waals surface area contributed by atoms with Crippen LogP contribution in [0, 0.1) is 0 Å². The molecular formula is C13H23N5OS. The summed E-state index contributed by atoms with van der Waals surface area (Å²) in [6, 6.07) is 0. The van der Waals surface area contributed by atoms with Gasteiger partial charge in [-0.3, -0.25) is 4.79 Å². The lowest BCUT2D eigenvalue weighted by Gasteiger charge is -2.25. The molecule has 4 N–H and O–H groups in total. The fourth-order valence-electron chi connectivity index (χ4n) is 2.25. The first-order valence-electron chi connectivity index (χ1n) is 7.16. The third-order valence-electron chi connectivity index (χ3n) is 3.36. The van der Waals surface area contributed by atoms with Crippen molar-refractivity contribution < 1.29 is 4.79 Å². The van der Waals surface area contributed by atoms with E-state index in [2.05, 4.69) is 20.5 Å². The molecule has 1 aromatic rings. The van der Waals surface area contributed by atoms with Gasteiger partial charge in [0, 0.05) is 19.6 Å². The quantitative estimate of drug-likeness (QED) is 0.684. The first-order valence-corrected chi connectivity index (χ1v) is 7.98. The van der Waals surface area contributed by atoms with Gasteiger partial charge in [0.25, 0.3) is 5.91 Å². The lowest BCUT2D eigenvalue weighted by Crippen LogP contribution is -2.29. The number of nitrogens with zero attached hydrogens (tertiary/aromatic N) is 2. The lowest BCUT2D eigenvalue weighted by atomic mass is 10.1. The summed E-state index contributed by atoms with van der Waals surface area (Å²) in [6.07, 6.45) is 4.55. The number of thiazole rings is 1. The molecule has 0 aliphatic carbocycles. The molecule has 0 atom stereocenters. The lowest BCUT2D eigenvalue weighted by molar-refractivity contribution is 0.0958. The molecule has 0 aromatic carbocycles. The molecule has 2 heterocycles. The van der Waals surface area contributed by atoms with Crippen LogP contribution >= 0.6 is 11.3 Å². The van der Waals surface area contributed by atoms with Gasteiger partial charge in [-0.25, -0.2) is 4.98 Å². The molecular weight excluding hydrogens is 274 g/mol. The Morgan fingerprint density at radius 3 is 2.80 bits per heavy atom. The number of rotatable bonds is 6. The third-order valence-corrected chi connectivity index (χ3v) is 4.49. The van der Waals surface area contributed by atoms with E-state index >= 15 is 0 Å². The summed E-state index contributed by atoms with van der Waals surface area (Å²) < 4.78 is 0. The number of carbonyl (C=O) groups is 1. The van der Waals surface area contributed by atoms with Crippen LogP contribution in [0.15, 0.2) is 0 Å². The van der Waals surface area contributed by atoms with Gasteiger partial charge >= 0.3 is 0 Å². The van der Waals surface area contributed by atoms with Gasteiger partial charge < -0.3 is 21.3 Å². The van der Waals surface area contributed by atoms with Crippen molar-refractivity contribution in [2.45, 2.75) is 25.7 Å². The minimum Gasteiger partial charge on any atom is -0.382 e. The van der Waals surface area contributed by atoms with E-state index in [-0.39, 0.29) is 5.91 Å². The van der Waals surface area contributed by atoms with E-state index in [1.165, 1.54) is 30.6 Å². The van der Waals surface area contributed by atoms with Gasteiger partial charge in [0.05, 0.1) is 0 Å². The van der Waals surface area contributed by atoms with Gasteiger partial charge in [-0.15, -0.1) is 0 Å². The van der Waals surface area contributed by atoms with Crippen LogP contribution in [-0.4, -0.2) is 44.1 Å². The normalized spacial score (nSPS) is 15.3. The molecule has 1 fully saturated rings. The number of amides is 1. The second kappa shape index (κ2) is 7.44. The summed E-state index contributed by atoms with van der Waals surface area (Å²) in [4.78, 5) is 19.2. The molecule has 112 valence electrons. The predicted octanol–water partition coefficient (Wildman–Crippen LogP) is 1.05. The van der Waals surface area contributed by atoms with Gasteiger partial charge in [0.1, 0.15) is 10.7 Å². The summed E-state index contributed by atoms with van der Waals surface area (Å²) >= 11 is 1.40. The molecule has 0 spiro atoms. The Bertz CT molecular complexity index is 442. The number of piperidine rings is 1. The maximum Gasteiger partial charge on any atom is 0.265 e. The number of nitrogens with two attached hydrogens (primary N) is 1. The van der Waals surface area contributed by atoms with E-state index in [4.69, 9.17) is 5.73 Å². The van der Waals surface area contributed by atoms with Crippen LogP contribution in [0.3, 0.4) is 0 Å². The summed E-state index contributed by atoms with van der Waals surface area (Å²) in [5, 5.41) is 6.81. The number of nitrogens with one attached hydrogen (secondary N) is 2. The van der Waals surface area contributed by atoms with Crippen LogP contribution in [-0.2, 0) is 0 Å². The zero-order chi connectivity index (χ0) is 14.4. The monoisotopic (exact) mass is 297 g/mol. The molecule has 2 rings (SSSR count). The molecule has 0 radical (unpaired) electrons. The molecule has 0 saturated carbocycles. The summed E-state index contributed by atoms with van der Waals surface area (Å²) in [7, 11) is 1.90. The number of anilines is 2. The summed E-state index contributed by atoms with van der Waals surface area (Å²) in [5.41, 5.74) is 5.88. The maximum absolute atomic E-state index is 12.1. The van der Waals surface area contributed by atoms with E-state index in [9.17, 15) is 4.79 Å². The average Bonchev–Trinajstić information content (AvgIpc) is 2.86. The largest absolute Gasteiger partial charge is 0.382 e. The van der Waals surface area contributed by atoms with Gasteiger partial charge in [-0.05, 0) is 39.3 Å². The van der Waals surface area contributed by atoms with Crippen LogP contribution in [0.1, 0.15) is 35.4 Å². The highest BCUT2D eigenvalue weighted by Crippen LogP contribution is 2.29. The van der Waals surface area contributed by atoms with Crippen molar-refractivity contribution >= 4 is 28.2 Å². The van der Waals surface area contributed by atoms with E-state index in [0.717, 1.165) is 31.2 Å². The van der Waals surface area contributed by atoms with Crippen molar-refractivity contribution in [1.29, 1.82) is 0 Å². The Hall–Kier alpha value is -1.34. The summed E-state index contributed by atoms with van der Waals surface area (Å²) in [6.45, 7) is 3.56. The number of hydrogen-bond acceptors (Lipinski definition) is 6. The predicted molar refractivity (Wildman–Crippen MR) is 83.5 cm³/mol. The Kier molecular flexibility index (Phi) is 5.60. The Balaban J connectivity index is 1.94. The number of aromatic nitrogens is 1. The van der Waals surface area contributed by atoms with Gasteiger partial charge in [-0.1, -0.05) is 11.3 Å². The molecule has 1 aliphatic rings. The SMILES string of the molecule is CNCCCNC(=O)c1sc(N2CCCCC2)nc1N. The molecule has 1 amide bonds. The van der Waals surface area contributed by atoms with Crippen LogP contribution in [0.2, 0.25) is 0 Å². The van der Waals surface area contributed by atoms with Gasteiger partial charge in [0.2, 0.25) is 0 Å². The molecule has 1 aromatic heterocycles. The second-order valence-corrected chi connectivity index (χ2v) is 5.95. The molecule has 0 bridgehead atoms. The van der Waals surface area contributed by atoms with Crippen molar-refractivity contribution in [3.05, 3.63) is 4.88 Å². The zero-order valence-corrected chi connectivity index (χ0v) is 12.8. The zero-order valence-electron chi connectivity index (χ0n) is 11.9. The van der Waals surface area contributed by atoms with Crippen LogP contribution in [0.5, 0.6) is 0 Å². The van der Waals surface area contributed by atoms with E-state index in [0.29, 0.717) is 17.2 Å². The van der Waals surface area contributed by atoms with Crippen molar-refractivity contribution in [3.8, 4) is 0 Å². The van der Waals surface area contributed by atoms with E-state index in [1.807, 2.05) is 7.05 Å². The van der Waals surface area contributed by atoms with E-state index < -0.39 is 0 Å². The minimum atomic E-state index is -0.112. The highest BCUT2D eigenvalue weighted by molar-refractivity contribution is 7.18. The molecule has 20 heavy (non-hydrogen) atoms. The first-order chi connectivity index (χ1) is 9.72. The molecule has 1 saturated heterocycles. The Labute approximate surface area is 123 Å². The van der Waals surface area contributed by atoms with Crippen molar-refractivity contribution in [3.63, 3.8) is 0 Å². The molecule has 1 aliphatic heterocycles. The molecule has 7 heteroatoms. The fourth-order valence-corrected chi connectivity index (χ4v) is 3.20. The number of carbonyl (C=O) groups excluding carboxylic acids is 1. The fraction of sp³-hybridized carbons (Fsp3) is 0.692. The van der Waals surface area contributed by atoms with Crippen LogP contribution < -0.4 is 21.3 Å². The van der Waals surface area contributed by atoms with Gasteiger partial charge in [-0.2, -0.15) is 0 Å². The van der Waals surface area contributed by atoms with Gasteiger partial charge in [0.15, 0.2) is 5.13 Å². The van der Waals surface area contributed by atoms with Crippen LogP contribution in [0.4, 0.5) is 10.9 Å². The minimum absolute atomic E-state index is 0.112. The number of hydrogen-bond donors (Lipinski definition) is 3. The second-order valence-electron chi connectivity index (χ2n) is 4.97. The highest BCUT2D eigenvalue weighted by Gasteiger charge is 2.20. The van der Waals surface area contributed by atoms with E-state index in [1.54, 1.807) is 0 Å². The highest BCUT2D eigenvalue weighted by atomic mass is 32.1. The third kappa shape index (κ3) is 3.83. The summed E-state index contributed by atoms with van der Waals surface area (Å²) in [5.74, 6) is 0.237.